The molecule has 1 aliphatic heterocycles. The second-order valence-electron chi connectivity index (χ2n) is 7.80. The number of carboxylic acid groups (broad SMARTS) is 1. The molecule has 27 heavy (non-hydrogen) atoms. The van der Waals surface area contributed by atoms with Gasteiger partial charge >= 0.3 is 12.0 Å². The van der Waals surface area contributed by atoms with Crippen LogP contribution in [-0.4, -0.2) is 66.2 Å². The van der Waals surface area contributed by atoms with Gasteiger partial charge in [0.15, 0.2) is 0 Å². The van der Waals surface area contributed by atoms with E-state index >= 15 is 0 Å². The molecule has 6 nitrogen and oxygen atoms in total. The smallest absolute Gasteiger partial charge is 0.335 e. The van der Waals surface area contributed by atoms with E-state index in [4.69, 9.17) is 0 Å². The lowest BCUT2D eigenvalue weighted by Gasteiger charge is -2.33. The average molecular weight is 373 g/mol. The molecule has 0 unspecified atom stereocenters. The summed E-state index contributed by atoms with van der Waals surface area (Å²) in [5.74, 6) is -0.674. The maximum absolute atomic E-state index is 12.4. The maximum atomic E-state index is 12.4. The number of rotatable bonds is 6. The topological polar surface area (TPSA) is 72.9 Å². The van der Waals surface area contributed by atoms with Crippen molar-refractivity contribution in [3.8, 4) is 0 Å². The second-order valence-corrected chi connectivity index (χ2v) is 7.80. The molecule has 1 aromatic carbocycles. The van der Waals surface area contributed by atoms with Crippen LogP contribution in [0.2, 0.25) is 0 Å². The van der Waals surface area contributed by atoms with E-state index in [1.165, 1.54) is 25.7 Å². The number of hydrogen-bond donors (Lipinski definition) is 2. The average Bonchev–Trinajstić information content (AvgIpc) is 3.23. The summed E-state index contributed by atoms with van der Waals surface area (Å²) in [7, 11) is 2.15. The number of amides is 2. The Bertz CT molecular complexity index is 650. The molecule has 2 fully saturated rings. The summed E-state index contributed by atoms with van der Waals surface area (Å²) in [5, 5.41) is 12.4. The van der Waals surface area contributed by atoms with E-state index in [2.05, 4.69) is 17.3 Å². The van der Waals surface area contributed by atoms with Crippen molar-refractivity contribution in [1.82, 2.24) is 15.1 Å². The van der Waals surface area contributed by atoms with Crippen LogP contribution in [-0.2, 0) is 0 Å². The van der Waals surface area contributed by atoms with Gasteiger partial charge in [0.05, 0.1) is 5.56 Å². The van der Waals surface area contributed by atoms with Crippen LogP contribution < -0.4 is 5.32 Å². The number of nitrogens with one attached hydrogen (secondary N) is 1. The normalized spacial score (nSPS) is 18.8. The Morgan fingerprint density at radius 2 is 1.81 bits per heavy atom. The standard InChI is InChI=1S/C21H31N3O3/c1-23(17-6-2-3-7-17)15-12-22-21(27)24-13-10-16(11-14-24)18-8-4-5-9-19(18)20(25)26/h4-5,8-9,16-17H,2-3,6-7,10-15H2,1H3,(H,22,27)(H,25,26). The highest BCUT2D eigenvalue weighted by atomic mass is 16.4. The molecule has 2 amide bonds. The van der Waals surface area contributed by atoms with Gasteiger partial charge in [0.2, 0.25) is 0 Å². The third-order valence-electron chi connectivity index (χ3n) is 6.10. The van der Waals surface area contributed by atoms with Crippen LogP contribution in [0.1, 0.15) is 60.4 Å². The predicted octanol–water partition coefficient (Wildman–Crippen LogP) is 3.15. The van der Waals surface area contributed by atoms with E-state index in [0.717, 1.165) is 24.9 Å². The Labute approximate surface area is 161 Å². The summed E-state index contributed by atoms with van der Waals surface area (Å²) in [4.78, 5) is 28.1. The highest BCUT2D eigenvalue weighted by Crippen LogP contribution is 2.30. The number of carbonyl (C=O) groups is 2. The molecule has 2 aliphatic rings. The van der Waals surface area contributed by atoms with E-state index < -0.39 is 5.97 Å². The Morgan fingerprint density at radius 3 is 2.48 bits per heavy atom. The molecule has 2 N–H and O–H groups in total. The first-order valence-electron chi connectivity index (χ1n) is 10.1. The van der Waals surface area contributed by atoms with Crippen LogP contribution in [0, 0.1) is 0 Å². The van der Waals surface area contributed by atoms with Gasteiger partial charge < -0.3 is 20.2 Å². The fraction of sp³-hybridized carbons (Fsp3) is 0.619. The fourth-order valence-corrected chi connectivity index (χ4v) is 4.42. The van der Waals surface area contributed by atoms with Crippen LogP contribution in [0.3, 0.4) is 0 Å². The molecule has 0 bridgehead atoms. The molecule has 1 heterocycles. The summed E-state index contributed by atoms with van der Waals surface area (Å²) in [5.41, 5.74) is 1.28. The predicted molar refractivity (Wildman–Crippen MR) is 105 cm³/mol. The molecule has 148 valence electrons. The highest BCUT2D eigenvalue weighted by molar-refractivity contribution is 5.89. The van der Waals surface area contributed by atoms with Gasteiger partial charge in [0, 0.05) is 32.2 Å². The molecule has 1 saturated carbocycles. The van der Waals surface area contributed by atoms with Crippen molar-refractivity contribution in [3.63, 3.8) is 0 Å². The molecule has 1 aromatic rings. The van der Waals surface area contributed by atoms with E-state index in [-0.39, 0.29) is 11.9 Å². The van der Waals surface area contributed by atoms with Crippen LogP contribution in [0.25, 0.3) is 0 Å². The molecule has 6 heteroatoms. The van der Waals surface area contributed by atoms with Gasteiger partial charge in [-0.05, 0) is 50.3 Å². The van der Waals surface area contributed by atoms with Crippen molar-refractivity contribution in [2.75, 3.05) is 33.2 Å². The quantitative estimate of drug-likeness (QED) is 0.803. The summed E-state index contributed by atoms with van der Waals surface area (Å²) in [6.45, 7) is 2.90. The number of likely N-dealkylation sites (N-methyl/N-ethyl adjacent to an activating group) is 1. The second kappa shape index (κ2) is 9.22. The minimum Gasteiger partial charge on any atom is -0.478 e. The van der Waals surface area contributed by atoms with Crippen molar-refractivity contribution in [1.29, 1.82) is 0 Å². The van der Waals surface area contributed by atoms with Gasteiger partial charge in [0.25, 0.3) is 0 Å². The van der Waals surface area contributed by atoms with Crippen LogP contribution >= 0.6 is 0 Å². The summed E-state index contributed by atoms with van der Waals surface area (Å²) in [6, 6.07) is 7.90. The van der Waals surface area contributed by atoms with Gasteiger partial charge in [-0.25, -0.2) is 9.59 Å². The first-order chi connectivity index (χ1) is 13.1. The van der Waals surface area contributed by atoms with Gasteiger partial charge in [-0.15, -0.1) is 0 Å². The van der Waals surface area contributed by atoms with Gasteiger partial charge in [-0.3, -0.25) is 0 Å². The molecule has 1 aliphatic carbocycles. The minimum absolute atomic E-state index is 0.000193. The van der Waals surface area contributed by atoms with Crippen LogP contribution in [0.5, 0.6) is 0 Å². The van der Waals surface area contributed by atoms with E-state index in [9.17, 15) is 14.7 Å². The molecule has 1 saturated heterocycles. The number of benzene rings is 1. The summed E-state index contributed by atoms with van der Waals surface area (Å²) in [6.07, 6.45) is 6.80. The van der Waals surface area contributed by atoms with Crippen molar-refractivity contribution in [2.45, 2.75) is 50.5 Å². The first-order valence-corrected chi connectivity index (χ1v) is 10.1. The lowest BCUT2D eigenvalue weighted by atomic mass is 9.86. The fourth-order valence-electron chi connectivity index (χ4n) is 4.42. The number of urea groups is 1. The van der Waals surface area contributed by atoms with Crippen molar-refractivity contribution in [2.24, 2.45) is 0 Å². The molecule has 3 rings (SSSR count). The number of carboxylic acids is 1. The lowest BCUT2D eigenvalue weighted by Crippen LogP contribution is -2.46. The van der Waals surface area contributed by atoms with Crippen molar-refractivity contribution >= 4 is 12.0 Å². The highest BCUT2D eigenvalue weighted by Gasteiger charge is 2.26. The van der Waals surface area contributed by atoms with E-state index in [1.54, 1.807) is 12.1 Å². The van der Waals surface area contributed by atoms with Gasteiger partial charge in [0.1, 0.15) is 0 Å². The van der Waals surface area contributed by atoms with Crippen molar-refractivity contribution < 1.29 is 14.7 Å². The Balaban J connectivity index is 1.43. The summed E-state index contributed by atoms with van der Waals surface area (Å²) < 4.78 is 0. The number of carbonyl (C=O) groups excluding carboxylic acids is 1. The zero-order valence-corrected chi connectivity index (χ0v) is 16.2. The zero-order chi connectivity index (χ0) is 19.2. The number of likely N-dealkylation sites (tertiary alicyclic amines) is 1. The summed E-state index contributed by atoms with van der Waals surface area (Å²) >= 11 is 0. The third kappa shape index (κ3) is 5.01. The Morgan fingerprint density at radius 1 is 1.15 bits per heavy atom. The minimum atomic E-state index is -0.878. The van der Waals surface area contributed by atoms with Gasteiger partial charge in [-0.1, -0.05) is 31.0 Å². The Kier molecular flexibility index (Phi) is 6.72. The number of aromatic carboxylic acids is 1. The monoisotopic (exact) mass is 373 g/mol. The van der Waals surface area contributed by atoms with Gasteiger partial charge in [-0.2, -0.15) is 0 Å². The number of piperidine rings is 1. The molecule has 0 aromatic heterocycles. The molecule has 0 atom stereocenters. The lowest BCUT2D eigenvalue weighted by molar-refractivity contribution is 0.0694. The third-order valence-corrected chi connectivity index (χ3v) is 6.10. The molecule has 0 radical (unpaired) electrons. The Hall–Kier alpha value is -2.08. The first kappa shape index (κ1) is 19.7. The van der Waals surface area contributed by atoms with Crippen LogP contribution in [0.4, 0.5) is 4.79 Å². The number of hydrogen-bond acceptors (Lipinski definition) is 3. The molecular weight excluding hydrogens is 342 g/mol. The number of nitrogens with zero attached hydrogens (tertiary/aromatic N) is 2. The molecule has 0 spiro atoms. The maximum Gasteiger partial charge on any atom is 0.335 e. The zero-order valence-electron chi connectivity index (χ0n) is 16.2. The van der Waals surface area contributed by atoms with Crippen molar-refractivity contribution in [3.05, 3.63) is 35.4 Å². The molecular formula is C21H31N3O3. The van der Waals surface area contributed by atoms with E-state index in [0.29, 0.717) is 31.2 Å². The SMILES string of the molecule is CN(CCNC(=O)N1CCC(c2ccccc2C(=O)O)CC1)C1CCCC1. The van der Waals surface area contributed by atoms with E-state index in [1.807, 2.05) is 17.0 Å². The van der Waals surface area contributed by atoms with Crippen LogP contribution in [0.15, 0.2) is 24.3 Å². The largest absolute Gasteiger partial charge is 0.478 e.